The molecule has 2 aromatic heterocycles. The second-order valence-electron chi connectivity index (χ2n) is 14.1. The van der Waals surface area contributed by atoms with Crippen LogP contribution in [0.5, 0.6) is 0 Å². The van der Waals surface area contributed by atoms with Crippen LogP contribution in [0.15, 0.2) is 60.9 Å². The minimum Gasteiger partial charge on any atom is -0.347 e. The fourth-order valence-electron chi connectivity index (χ4n) is 5.99. The van der Waals surface area contributed by atoms with Gasteiger partial charge < -0.3 is 25.5 Å². The average Bonchev–Trinajstić information content (AvgIpc) is 3.83. The molecule has 1 unspecified atom stereocenters. The SMILES string of the molecule is CC(C)C(NC=O)C(=O)N1CCC[C@H]1c1nc(-c2ccc(-c3ccc(-c4c[nH]c([C@@H](NC(=O)C(C)(C)C)C(C)C)n4)cc3)cc2)c[nH]1. The minimum absolute atomic E-state index is 0.00540. The highest BCUT2D eigenvalue weighted by atomic mass is 16.2. The molecular formula is C37H47N7O3. The number of carbonyl (C=O) groups excluding carboxylic acids is 3. The van der Waals surface area contributed by atoms with E-state index in [1.165, 1.54) is 0 Å². The molecule has 1 fully saturated rings. The van der Waals surface area contributed by atoms with Gasteiger partial charge in [-0.05, 0) is 35.8 Å². The lowest BCUT2D eigenvalue weighted by molar-refractivity contribution is -0.137. The van der Waals surface area contributed by atoms with Crippen LogP contribution in [0.2, 0.25) is 0 Å². The third-order valence-corrected chi connectivity index (χ3v) is 8.85. The van der Waals surface area contributed by atoms with Gasteiger partial charge in [-0.2, -0.15) is 0 Å². The van der Waals surface area contributed by atoms with Crippen molar-refractivity contribution in [1.82, 2.24) is 35.5 Å². The Morgan fingerprint density at radius 2 is 1.40 bits per heavy atom. The second-order valence-corrected chi connectivity index (χ2v) is 14.1. The molecule has 2 aromatic carbocycles. The summed E-state index contributed by atoms with van der Waals surface area (Å²) in [6.07, 6.45) is 6.10. The van der Waals surface area contributed by atoms with Crippen molar-refractivity contribution in [2.45, 2.75) is 79.4 Å². The van der Waals surface area contributed by atoms with E-state index in [2.05, 4.69) is 83.0 Å². The molecule has 0 radical (unpaired) electrons. The first-order valence-corrected chi connectivity index (χ1v) is 16.5. The zero-order valence-corrected chi connectivity index (χ0v) is 28.4. The maximum absolute atomic E-state index is 13.3. The number of hydrogen-bond acceptors (Lipinski definition) is 5. The zero-order chi connectivity index (χ0) is 33.9. The van der Waals surface area contributed by atoms with Gasteiger partial charge >= 0.3 is 0 Å². The van der Waals surface area contributed by atoms with E-state index in [1.54, 1.807) is 0 Å². The Labute approximate surface area is 277 Å². The van der Waals surface area contributed by atoms with Crippen molar-refractivity contribution < 1.29 is 14.4 Å². The summed E-state index contributed by atoms with van der Waals surface area (Å²) in [6.45, 7) is 14.4. The Bertz CT molecular complexity index is 1680. The Kier molecular flexibility index (Phi) is 9.98. The van der Waals surface area contributed by atoms with Gasteiger partial charge in [-0.15, -0.1) is 0 Å². The van der Waals surface area contributed by atoms with E-state index in [4.69, 9.17) is 9.97 Å². The van der Waals surface area contributed by atoms with E-state index in [1.807, 2.05) is 51.9 Å². The molecule has 0 aliphatic carbocycles. The summed E-state index contributed by atoms with van der Waals surface area (Å²) in [4.78, 5) is 55.2. The van der Waals surface area contributed by atoms with Crippen LogP contribution in [0.1, 0.15) is 85.0 Å². The molecule has 4 aromatic rings. The van der Waals surface area contributed by atoms with Gasteiger partial charge in [-0.1, -0.05) is 97.0 Å². The monoisotopic (exact) mass is 637 g/mol. The first kappa shape index (κ1) is 33.6. The van der Waals surface area contributed by atoms with Gasteiger partial charge in [0.15, 0.2) is 0 Å². The lowest BCUT2D eigenvalue weighted by Gasteiger charge is -2.29. The molecular weight excluding hydrogens is 590 g/mol. The van der Waals surface area contributed by atoms with Crippen molar-refractivity contribution in [2.75, 3.05) is 6.54 Å². The fourth-order valence-corrected chi connectivity index (χ4v) is 5.99. The maximum atomic E-state index is 13.3. The summed E-state index contributed by atoms with van der Waals surface area (Å²) in [7, 11) is 0. The van der Waals surface area contributed by atoms with Crippen LogP contribution in [0.25, 0.3) is 33.6 Å². The molecule has 0 saturated carbocycles. The smallest absolute Gasteiger partial charge is 0.246 e. The van der Waals surface area contributed by atoms with Crippen LogP contribution >= 0.6 is 0 Å². The number of nitrogens with zero attached hydrogens (tertiary/aromatic N) is 3. The Morgan fingerprint density at radius 1 is 0.851 bits per heavy atom. The molecule has 0 bridgehead atoms. The number of carbonyl (C=O) groups is 3. The number of aromatic nitrogens is 4. The molecule has 10 nitrogen and oxygen atoms in total. The summed E-state index contributed by atoms with van der Waals surface area (Å²) in [5.41, 5.74) is 5.30. The van der Waals surface area contributed by atoms with E-state index in [0.29, 0.717) is 13.0 Å². The van der Waals surface area contributed by atoms with E-state index in [0.717, 1.165) is 58.1 Å². The third kappa shape index (κ3) is 7.48. The molecule has 5 rings (SSSR count). The summed E-state index contributed by atoms with van der Waals surface area (Å²) >= 11 is 0. The topological polar surface area (TPSA) is 136 Å². The normalized spacial score (nSPS) is 16.4. The number of nitrogens with one attached hydrogen (secondary N) is 4. The van der Waals surface area contributed by atoms with Crippen molar-refractivity contribution in [1.29, 1.82) is 0 Å². The van der Waals surface area contributed by atoms with Crippen molar-refractivity contribution in [3.05, 3.63) is 72.6 Å². The van der Waals surface area contributed by atoms with Gasteiger partial charge in [0.2, 0.25) is 18.2 Å². The van der Waals surface area contributed by atoms with E-state index < -0.39 is 11.5 Å². The molecule has 1 saturated heterocycles. The number of rotatable bonds is 11. The standard InChI is InChI=1S/C37H47N7O3/c1-22(2)31(43-36(47)37(5,6)7)34-39-20-29(42-34)27-16-12-25(13-17-27)24-10-14-26(15-11-24)28-19-38-33(41-28)30-9-8-18-44(30)35(46)32(23(3)4)40-21-45/h10-17,19-23,30-32H,8-9,18H2,1-7H3,(H,38,41)(H,39,42)(H,40,45)(H,43,47)/t30-,31-,32?/m0/s1. The zero-order valence-electron chi connectivity index (χ0n) is 28.4. The number of amides is 3. The second kappa shape index (κ2) is 13.9. The lowest BCUT2D eigenvalue weighted by atomic mass is 9.94. The van der Waals surface area contributed by atoms with Crippen molar-refractivity contribution in [3.8, 4) is 33.6 Å². The number of benzene rings is 2. The highest BCUT2D eigenvalue weighted by Crippen LogP contribution is 2.33. The van der Waals surface area contributed by atoms with E-state index in [9.17, 15) is 14.4 Å². The average molecular weight is 638 g/mol. The van der Waals surface area contributed by atoms with Gasteiger partial charge in [0.25, 0.3) is 0 Å². The van der Waals surface area contributed by atoms with Crippen LogP contribution in [-0.2, 0) is 14.4 Å². The fraction of sp³-hybridized carbons (Fsp3) is 0.432. The maximum Gasteiger partial charge on any atom is 0.246 e. The number of likely N-dealkylation sites (tertiary alicyclic amines) is 1. The molecule has 3 amide bonds. The number of aromatic amines is 2. The lowest BCUT2D eigenvalue weighted by Crippen LogP contribution is -2.48. The summed E-state index contributed by atoms with van der Waals surface area (Å²) in [5, 5.41) is 5.84. The Hall–Kier alpha value is -4.73. The van der Waals surface area contributed by atoms with Gasteiger partial charge in [0, 0.05) is 35.5 Å². The predicted molar refractivity (Wildman–Crippen MR) is 184 cm³/mol. The summed E-state index contributed by atoms with van der Waals surface area (Å²) in [5.74, 6) is 1.60. The van der Waals surface area contributed by atoms with Crippen LogP contribution in [0.3, 0.4) is 0 Å². The van der Waals surface area contributed by atoms with Gasteiger partial charge in [0.1, 0.15) is 17.7 Å². The summed E-state index contributed by atoms with van der Waals surface area (Å²) < 4.78 is 0. The summed E-state index contributed by atoms with van der Waals surface area (Å²) in [6, 6.07) is 15.7. The number of hydrogen-bond donors (Lipinski definition) is 4. The molecule has 10 heteroatoms. The molecule has 3 atom stereocenters. The molecule has 47 heavy (non-hydrogen) atoms. The molecule has 1 aliphatic rings. The van der Waals surface area contributed by atoms with Gasteiger partial charge in [0.05, 0.1) is 23.5 Å². The Balaban J connectivity index is 1.26. The largest absolute Gasteiger partial charge is 0.347 e. The quantitative estimate of drug-likeness (QED) is 0.141. The van der Waals surface area contributed by atoms with E-state index >= 15 is 0 Å². The van der Waals surface area contributed by atoms with Crippen LogP contribution in [-0.4, -0.2) is 55.6 Å². The molecule has 1 aliphatic heterocycles. The first-order chi connectivity index (χ1) is 22.4. The Morgan fingerprint density at radius 3 is 1.94 bits per heavy atom. The van der Waals surface area contributed by atoms with Gasteiger partial charge in [-0.3, -0.25) is 14.4 Å². The van der Waals surface area contributed by atoms with Crippen molar-refractivity contribution in [2.24, 2.45) is 17.3 Å². The van der Waals surface area contributed by atoms with Crippen molar-refractivity contribution in [3.63, 3.8) is 0 Å². The highest BCUT2D eigenvalue weighted by Gasteiger charge is 2.36. The van der Waals surface area contributed by atoms with Gasteiger partial charge in [-0.25, -0.2) is 9.97 Å². The van der Waals surface area contributed by atoms with Crippen LogP contribution in [0.4, 0.5) is 0 Å². The minimum atomic E-state index is -0.550. The third-order valence-electron chi connectivity index (χ3n) is 8.85. The highest BCUT2D eigenvalue weighted by molar-refractivity contribution is 5.84. The van der Waals surface area contributed by atoms with Crippen LogP contribution in [0, 0.1) is 17.3 Å². The number of H-pyrrole nitrogens is 2. The predicted octanol–water partition coefficient (Wildman–Crippen LogP) is 6.43. The molecule has 3 heterocycles. The van der Waals surface area contributed by atoms with E-state index in [-0.39, 0.29) is 35.7 Å². The van der Waals surface area contributed by atoms with Crippen molar-refractivity contribution >= 4 is 18.2 Å². The molecule has 248 valence electrons. The molecule has 4 N–H and O–H groups in total. The van der Waals surface area contributed by atoms with Crippen LogP contribution < -0.4 is 10.6 Å². The molecule has 0 spiro atoms. The number of imidazole rings is 2. The first-order valence-electron chi connectivity index (χ1n) is 16.5.